The average molecular weight is 608 g/mol. The Morgan fingerprint density at radius 1 is 1.14 bits per heavy atom. The molecule has 4 aliphatic heterocycles. The monoisotopic (exact) mass is 607 g/mol. The minimum atomic E-state index is -0.863. The molecule has 0 unspecified atom stereocenters. The van der Waals surface area contributed by atoms with E-state index in [4.69, 9.17) is 14.7 Å². The van der Waals surface area contributed by atoms with Crippen LogP contribution in [0.4, 0.5) is 20.3 Å². The number of rotatable bonds is 7. The highest BCUT2D eigenvalue weighted by atomic mass is 19.1. The second kappa shape index (κ2) is 11.3. The van der Waals surface area contributed by atoms with Crippen molar-refractivity contribution in [3.63, 3.8) is 0 Å². The van der Waals surface area contributed by atoms with E-state index in [9.17, 15) is 23.8 Å². The molecule has 0 saturated carbocycles. The fourth-order valence-corrected chi connectivity index (χ4v) is 7.98. The fourth-order valence-electron chi connectivity index (χ4n) is 7.98. The van der Waals surface area contributed by atoms with Gasteiger partial charge in [0.1, 0.15) is 30.2 Å². The lowest BCUT2D eigenvalue weighted by molar-refractivity contribution is -0.142. The molecule has 11 heteroatoms. The van der Waals surface area contributed by atoms with Crippen molar-refractivity contribution < 1.29 is 28.5 Å². The number of anilines is 2. The Balaban J connectivity index is 1.24. The van der Waals surface area contributed by atoms with E-state index in [0.29, 0.717) is 77.0 Å². The van der Waals surface area contributed by atoms with E-state index in [1.165, 1.54) is 6.07 Å². The van der Waals surface area contributed by atoms with Crippen LogP contribution in [-0.2, 0) is 24.2 Å². The number of fused-ring (bicyclic) bond motifs is 3. The molecular weight excluding hydrogens is 568 g/mol. The third-order valence-electron chi connectivity index (χ3n) is 10.2. The molecule has 3 aromatic rings. The van der Waals surface area contributed by atoms with Crippen molar-refractivity contribution >= 4 is 28.2 Å². The molecule has 2 aromatic carbocycles. The number of hydrogen-bond acceptors (Lipinski definition) is 8. The summed E-state index contributed by atoms with van der Waals surface area (Å²) in [6.45, 7) is 5.71. The van der Waals surface area contributed by atoms with Crippen molar-refractivity contribution in [2.75, 3.05) is 49.1 Å². The number of benzene rings is 2. The van der Waals surface area contributed by atoms with Gasteiger partial charge in [-0.3, -0.25) is 9.69 Å². The summed E-state index contributed by atoms with van der Waals surface area (Å²) in [5.74, 6) is -0.518. The van der Waals surface area contributed by atoms with Gasteiger partial charge >= 0.3 is 12.0 Å². The first kappa shape index (κ1) is 29.0. The van der Waals surface area contributed by atoms with E-state index in [1.54, 1.807) is 18.2 Å². The van der Waals surface area contributed by atoms with Crippen LogP contribution in [0.2, 0.25) is 0 Å². The van der Waals surface area contributed by atoms with Crippen LogP contribution >= 0.6 is 0 Å². The highest BCUT2D eigenvalue weighted by Crippen LogP contribution is 2.42. The molecule has 9 nitrogen and oxygen atoms in total. The molecule has 0 bridgehead atoms. The van der Waals surface area contributed by atoms with Crippen molar-refractivity contribution in [2.24, 2.45) is 5.92 Å². The number of halogens is 2. The summed E-state index contributed by atoms with van der Waals surface area (Å²) in [5, 5.41) is 21.7. The Labute approximate surface area is 255 Å². The molecule has 0 aliphatic carbocycles. The summed E-state index contributed by atoms with van der Waals surface area (Å²) >= 11 is 0. The van der Waals surface area contributed by atoms with E-state index in [-0.39, 0.29) is 29.0 Å². The van der Waals surface area contributed by atoms with Crippen molar-refractivity contribution in [1.82, 2.24) is 14.9 Å². The first-order chi connectivity index (χ1) is 21.2. The number of hydrogen-bond donors (Lipinski definition) is 2. The Kier molecular flexibility index (Phi) is 7.46. The van der Waals surface area contributed by atoms with Crippen LogP contribution in [0.5, 0.6) is 11.8 Å². The van der Waals surface area contributed by atoms with Crippen molar-refractivity contribution in [1.29, 1.82) is 0 Å². The normalized spacial score (nSPS) is 24.1. The summed E-state index contributed by atoms with van der Waals surface area (Å²) in [4.78, 5) is 27.9. The summed E-state index contributed by atoms with van der Waals surface area (Å²) in [7, 11) is 0. The lowest BCUT2D eigenvalue weighted by Gasteiger charge is -2.37. The van der Waals surface area contributed by atoms with Gasteiger partial charge in [-0.2, -0.15) is 9.97 Å². The smallest absolute Gasteiger partial charge is 0.318 e. The highest BCUT2D eigenvalue weighted by molar-refractivity contribution is 5.98. The minimum Gasteiger partial charge on any atom is -0.508 e. The van der Waals surface area contributed by atoms with Crippen LogP contribution in [0.1, 0.15) is 55.8 Å². The topological polar surface area (TPSA) is 102 Å². The maximum Gasteiger partial charge on any atom is 0.318 e. The molecule has 4 aliphatic rings. The number of aromatic hydroxyl groups is 1. The Morgan fingerprint density at radius 3 is 2.73 bits per heavy atom. The van der Waals surface area contributed by atoms with Crippen LogP contribution in [0.25, 0.3) is 10.8 Å². The number of carboxylic acids is 1. The van der Waals surface area contributed by atoms with Crippen molar-refractivity contribution in [2.45, 2.75) is 70.1 Å². The molecule has 2 N–H and O–H groups in total. The molecule has 5 heterocycles. The Hall–Kier alpha value is -3.73. The Bertz CT molecular complexity index is 1600. The number of alkyl halides is 1. The molecule has 3 saturated heterocycles. The number of carbonyl (C=O) groups is 1. The first-order valence-electron chi connectivity index (χ1n) is 15.8. The lowest BCUT2D eigenvalue weighted by Crippen LogP contribution is -2.44. The zero-order valence-electron chi connectivity index (χ0n) is 25.1. The van der Waals surface area contributed by atoms with Gasteiger partial charge in [0.2, 0.25) is 0 Å². The SMILES string of the molecule is CCc1c(F)ccc2cc(O)cc(N3CCc4c(nc(OC[C@@]56CCCN5C[C@H](F)C6)nc4N4CCC(C(=O)O)CC4)C3)c12. The summed E-state index contributed by atoms with van der Waals surface area (Å²) in [6, 6.07) is 6.76. The average Bonchev–Trinajstić information content (AvgIpc) is 3.54. The summed E-state index contributed by atoms with van der Waals surface area (Å²) in [5.41, 5.74) is 2.82. The number of aromatic nitrogens is 2. The number of phenolic OH excluding ortho intramolecular Hbond substituents is 1. The third kappa shape index (κ3) is 5.08. The second-order valence-electron chi connectivity index (χ2n) is 12.8. The van der Waals surface area contributed by atoms with Crippen molar-refractivity contribution in [3.05, 3.63) is 46.9 Å². The second-order valence-corrected chi connectivity index (χ2v) is 12.8. The van der Waals surface area contributed by atoms with Gasteiger partial charge < -0.3 is 24.7 Å². The van der Waals surface area contributed by atoms with Gasteiger partial charge in [0, 0.05) is 55.3 Å². The number of piperidine rings is 1. The van der Waals surface area contributed by atoms with E-state index in [2.05, 4.69) is 14.7 Å². The molecule has 0 amide bonds. The third-order valence-corrected chi connectivity index (χ3v) is 10.2. The van der Waals surface area contributed by atoms with E-state index in [1.807, 2.05) is 6.92 Å². The molecule has 234 valence electrons. The zero-order chi connectivity index (χ0) is 30.6. The van der Waals surface area contributed by atoms with Gasteiger partial charge in [0.15, 0.2) is 0 Å². The van der Waals surface area contributed by atoms with Gasteiger partial charge in [0.05, 0.1) is 23.7 Å². The highest BCUT2D eigenvalue weighted by Gasteiger charge is 2.49. The summed E-state index contributed by atoms with van der Waals surface area (Å²) in [6.07, 6.45) is 3.68. The predicted octanol–water partition coefficient (Wildman–Crippen LogP) is 4.86. The first-order valence-corrected chi connectivity index (χ1v) is 15.8. The Morgan fingerprint density at radius 2 is 1.95 bits per heavy atom. The van der Waals surface area contributed by atoms with E-state index >= 15 is 0 Å². The van der Waals surface area contributed by atoms with Crippen LogP contribution in [0.3, 0.4) is 0 Å². The molecule has 7 rings (SSSR count). The predicted molar refractivity (Wildman–Crippen MR) is 163 cm³/mol. The molecule has 2 atom stereocenters. The molecule has 3 fully saturated rings. The number of carboxylic acid groups (broad SMARTS) is 1. The number of aryl methyl sites for hydroxylation is 1. The van der Waals surface area contributed by atoms with Crippen LogP contribution < -0.4 is 14.5 Å². The lowest BCUT2D eigenvalue weighted by atomic mass is 9.95. The number of phenols is 1. The number of ether oxygens (including phenoxy) is 1. The molecule has 0 radical (unpaired) electrons. The van der Waals surface area contributed by atoms with E-state index in [0.717, 1.165) is 52.9 Å². The van der Waals surface area contributed by atoms with Gasteiger partial charge in [-0.15, -0.1) is 0 Å². The van der Waals surface area contributed by atoms with Gasteiger partial charge in [-0.05, 0) is 68.2 Å². The van der Waals surface area contributed by atoms with Crippen LogP contribution in [0, 0.1) is 11.7 Å². The zero-order valence-corrected chi connectivity index (χ0v) is 25.1. The maximum atomic E-state index is 14.9. The van der Waals surface area contributed by atoms with E-state index < -0.39 is 12.1 Å². The van der Waals surface area contributed by atoms with Gasteiger partial charge in [-0.25, -0.2) is 8.78 Å². The standard InChI is InChI=1S/C33H39F2N5O4/c1-2-24-26(35)5-4-21-14-23(41)15-28(29(21)24)39-13-8-25-27(18-39)36-32(37-30(25)38-11-6-20(7-12-38)31(42)43)44-19-33-9-3-10-40(33)17-22(34)16-33/h4-5,14-15,20,22,41H,2-3,6-13,16-19H2,1H3,(H,42,43)/t22-,33+/m1/s1. The maximum absolute atomic E-state index is 14.9. The quantitative estimate of drug-likeness (QED) is 0.390. The largest absolute Gasteiger partial charge is 0.508 e. The minimum absolute atomic E-state index is 0.115. The van der Waals surface area contributed by atoms with Crippen LogP contribution in [-0.4, -0.2) is 82.1 Å². The fraction of sp³-hybridized carbons (Fsp3) is 0.545. The van der Waals surface area contributed by atoms with Crippen molar-refractivity contribution in [3.8, 4) is 11.8 Å². The summed E-state index contributed by atoms with van der Waals surface area (Å²) < 4.78 is 35.7. The van der Waals surface area contributed by atoms with Gasteiger partial charge in [0.25, 0.3) is 0 Å². The molecule has 1 aromatic heterocycles. The van der Waals surface area contributed by atoms with Crippen LogP contribution in [0.15, 0.2) is 24.3 Å². The molecule has 0 spiro atoms. The molecular formula is C33H39F2N5O4. The number of nitrogens with zero attached hydrogens (tertiary/aromatic N) is 5. The van der Waals surface area contributed by atoms with Gasteiger partial charge in [-0.1, -0.05) is 13.0 Å². The molecule has 44 heavy (non-hydrogen) atoms. The number of aliphatic carboxylic acids is 1.